The highest BCUT2D eigenvalue weighted by atomic mass is 35.5. The minimum Gasteiger partial charge on any atom is -0.208 e. The minimum absolute atomic E-state index is 0.362. The van der Waals surface area contributed by atoms with Gasteiger partial charge in [0.25, 0.3) is 0 Å². The number of benzene rings is 1. The van der Waals surface area contributed by atoms with Crippen molar-refractivity contribution in [3.8, 4) is 5.69 Å². The number of para-hydroxylation sites is 1. The molecule has 0 aliphatic rings. The number of nitrogens with one attached hydrogen (secondary N) is 1. The lowest BCUT2D eigenvalue weighted by Crippen LogP contribution is -2.00. The van der Waals surface area contributed by atoms with Crippen LogP contribution in [0.4, 0.5) is 0 Å². The number of aromatic nitrogens is 4. The SMILES string of the molecule is Cc1cccc(Cl)c1-n1[nH]nnc1=S. The maximum absolute atomic E-state index is 6.05. The summed E-state index contributed by atoms with van der Waals surface area (Å²) in [4.78, 5) is 0. The van der Waals surface area contributed by atoms with Crippen molar-refractivity contribution >= 4 is 23.8 Å². The van der Waals surface area contributed by atoms with Crippen LogP contribution in [-0.4, -0.2) is 20.2 Å². The molecule has 0 atom stereocenters. The van der Waals surface area contributed by atoms with E-state index in [1.165, 1.54) is 0 Å². The molecule has 6 heteroatoms. The van der Waals surface area contributed by atoms with Gasteiger partial charge in [-0.25, -0.2) is 4.68 Å². The Morgan fingerprint density at radius 3 is 2.86 bits per heavy atom. The summed E-state index contributed by atoms with van der Waals surface area (Å²) in [5.74, 6) is 0. The van der Waals surface area contributed by atoms with Gasteiger partial charge in [-0.15, -0.1) is 0 Å². The number of aromatic amines is 1. The number of halogens is 1. The first-order valence-corrected chi connectivity index (χ1v) is 4.74. The molecule has 1 heterocycles. The zero-order valence-electron chi connectivity index (χ0n) is 7.36. The van der Waals surface area contributed by atoms with Gasteiger partial charge < -0.3 is 0 Å². The fraction of sp³-hybridized carbons (Fsp3) is 0.125. The fourth-order valence-corrected chi connectivity index (χ4v) is 1.73. The van der Waals surface area contributed by atoms with Crippen LogP contribution in [-0.2, 0) is 0 Å². The number of rotatable bonds is 1. The van der Waals surface area contributed by atoms with Crippen molar-refractivity contribution in [3.63, 3.8) is 0 Å². The highest BCUT2D eigenvalue weighted by Gasteiger charge is 2.07. The second-order valence-corrected chi connectivity index (χ2v) is 3.60. The van der Waals surface area contributed by atoms with Crippen LogP contribution in [0.15, 0.2) is 18.2 Å². The Hall–Kier alpha value is -1.20. The molecule has 0 amide bonds. The second-order valence-electron chi connectivity index (χ2n) is 2.82. The fourth-order valence-electron chi connectivity index (χ4n) is 1.25. The second kappa shape index (κ2) is 3.51. The summed E-state index contributed by atoms with van der Waals surface area (Å²) in [6, 6.07) is 5.63. The summed E-state index contributed by atoms with van der Waals surface area (Å²) in [6.45, 7) is 1.95. The van der Waals surface area contributed by atoms with E-state index in [-0.39, 0.29) is 0 Å². The largest absolute Gasteiger partial charge is 0.242 e. The van der Waals surface area contributed by atoms with E-state index in [1.807, 2.05) is 19.1 Å². The van der Waals surface area contributed by atoms with E-state index in [1.54, 1.807) is 10.7 Å². The first-order valence-electron chi connectivity index (χ1n) is 3.96. The number of tetrazole rings is 1. The van der Waals surface area contributed by atoms with Gasteiger partial charge in [-0.1, -0.05) is 34.0 Å². The van der Waals surface area contributed by atoms with Crippen molar-refractivity contribution in [3.05, 3.63) is 33.6 Å². The quantitative estimate of drug-likeness (QED) is 0.759. The molecule has 1 aromatic heterocycles. The van der Waals surface area contributed by atoms with Crippen molar-refractivity contribution in [1.82, 2.24) is 20.2 Å². The maximum atomic E-state index is 6.05. The average molecular weight is 227 g/mol. The third-order valence-electron chi connectivity index (χ3n) is 1.88. The minimum atomic E-state index is 0.362. The Labute approximate surface area is 90.5 Å². The molecule has 4 nitrogen and oxygen atoms in total. The lowest BCUT2D eigenvalue weighted by Gasteiger charge is -2.06. The molecule has 0 radical (unpaired) electrons. The molecule has 0 unspecified atom stereocenters. The van der Waals surface area contributed by atoms with Crippen LogP contribution < -0.4 is 0 Å². The molecule has 0 spiro atoms. The average Bonchev–Trinajstić information content (AvgIpc) is 2.52. The van der Waals surface area contributed by atoms with Gasteiger partial charge in [0.05, 0.1) is 10.7 Å². The van der Waals surface area contributed by atoms with E-state index in [0.717, 1.165) is 11.3 Å². The lowest BCUT2D eigenvalue weighted by atomic mass is 10.2. The van der Waals surface area contributed by atoms with E-state index in [4.69, 9.17) is 23.8 Å². The van der Waals surface area contributed by atoms with E-state index in [0.29, 0.717) is 9.79 Å². The molecule has 0 aliphatic heterocycles. The summed E-state index contributed by atoms with van der Waals surface area (Å²) < 4.78 is 1.94. The van der Waals surface area contributed by atoms with Crippen LogP contribution in [0.25, 0.3) is 5.69 Å². The molecule has 72 valence electrons. The Morgan fingerprint density at radius 1 is 1.50 bits per heavy atom. The van der Waals surface area contributed by atoms with Gasteiger partial charge in [0, 0.05) is 0 Å². The topological polar surface area (TPSA) is 46.5 Å². The van der Waals surface area contributed by atoms with Gasteiger partial charge in [0.2, 0.25) is 4.77 Å². The molecule has 1 aromatic carbocycles. The first-order chi connectivity index (χ1) is 6.70. The van der Waals surface area contributed by atoms with Crippen LogP contribution in [0.3, 0.4) is 0 Å². The van der Waals surface area contributed by atoms with E-state index >= 15 is 0 Å². The number of aryl methyl sites for hydroxylation is 1. The molecular formula is C8H7ClN4S. The van der Waals surface area contributed by atoms with Crippen molar-refractivity contribution in [2.24, 2.45) is 0 Å². The summed E-state index contributed by atoms with van der Waals surface area (Å²) >= 11 is 11.0. The molecule has 0 saturated heterocycles. The zero-order chi connectivity index (χ0) is 10.1. The Kier molecular flexibility index (Phi) is 2.35. The molecule has 0 aliphatic carbocycles. The zero-order valence-corrected chi connectivity index (χ0v) is 8.93. The molecule has 1 N–H and O–H groups in total. The van der Waals surface area contributed by atoms with Crippen molar-refractivity contribution < 1.29 is 0 Å². The molecule has 0 fully saturated rings. The smallest absolute Gasteiger partial charge is 0.208 e. The van der Waals surface area contributed by atoms with Crippen LogP contribution >= 0.6 is 23.8 Å². The molecular weight excluding hydrogens is 220 g/mol. The summed E-state index contributed by atoms with van der Waals surface area (Å²) in [5.41, 5.74) is 1.81. The highest BCUT2D eigenvalue weighted by Crippen LogP contribution is 2.22. The summed E-state index contributed by atoms with van der Waals surface area (Å²) in [6.07, 6.45) is 0. The number of hydrogen-bond acceptors (Lipinski definition) is 3. The van der Waals surface area contributed by atoms with Crippen LogP contribution in [0, 0.1) is 11.7 Å². The van der Waals surface area contributed by atoms with Crippen LogP contribution in [0.2, 0.25) is 5.02 Å². The summed E-state index contributed by atoms with van der Waals surface area (Å²) in [5, 5.41) is 10.6. The van der Waals surface area contributed by atoms with Crippen LogP contribution in [0.5, 0.6) is 0 Å². The highest BCUT2D eigenvalue weighted by molar-refractivity contribution is 7.71. The van der Waals surface area contributed by atoms with E-state index < -0.39 is 0 Å². The third-order valence-corrected chi connectivity index (χ3v) is 2.45. The molecule has 14 heavy (non-hydrogen) atoms. The predicted octanol–water partition coefficient (Wildman–Crippen LogP) is 2.29. The summed E-state index contributed by atoms with van der Waals surface area (Å²) in [7, 11) is 0. The maximum Gasteiger partial charge on any atom is 0.242 e. The molecule has 0 saturated carbocycles. The van der Waals surface area contributed by atoms with Crippen molar-refractivity contribution in [1.29, 1.82) is 0 Å². The molecule has 2 aromatic rings. The van der Waals surface area contributed by atoms with Gasteiger partial charge >= 0.3 is 0 Å². The van der Waals surface area contributed by atoms with Gasteiger partial charge in [0.15, 0.2) is 0 Å². The standard InChI is InChI=1S/C8H7ClN4S/c1-5-3-2-4-6(9)7(5)13-8(14)10-11-12-13/h2-4H,1H3,(H,10,12,14). The monoisotopic (exact) mass is 226 g/mol. The van der Waals surface area contributed by atoms with Crippen LogP contribution in [0.1, 0.15) is 5.56 Å². The van der Waals surface area contributed by atoms with Crippen molar-refractivity contribution in [2.45, 2.75) is 6.92 Å². The normalized spacial score (nSPS) is 10.4. The van der Waals surface area contributed by atoms with Gasteiger partial charge in [-0.3, -0.25) is 0 Å². The number of nitrogens with zero attached hydrogens (tertiary/aromatic N) is 3. The van der Waals surface area contributed by atoms with Gasteiger partial charge in [-0.2, -0.15) is 5.21 Å². The third kappa shape index (κ3) is 1.44. The predicted molar refractivity (Wildman–Crippen MR) is 56.3 cm³/mol. The molecule has 0 bridgehead atoms. The Bertz CT molecular complexity index is 496. The molecule has 2 rings (SSSR count). The van der Waals surface area contributed by atoms with Crippen molar-refractivity contribution in [2.75, 3.05) is 0 Å². The Morgan fingerprint density at radius 2 is 2.29 bits per heavy atom. The Balaban J connectivity index is 2.74. The van der Waals surface area contributed by atoms with Gasteiger partial charge in [-0.05, 0) is 30.8 Å². The lowest BCUT2D eigenvalue weighted by molar-refractivity contribution is 0.782. The van der Waals surface area contributed by atoms with Gasteiger partial charge in [0.1, 0.15) is 0 Å². The van der Waals surface area contributed by atoms with E-state index in [2.05, 4.69) is 15.5 Å². The number of hydrogen-bond donors (Lipinski definition) is 1. The number of H-pyrrole nitrogens is 1. The van der Waals surface area contributed by atoms with E-state index in [9.17, 15) is 0 Å². The first kappa shape index (κ1) is 9.36.